The number of nitrogens with zero attached hydrogens (tertiary/aromatic N) is 1. The van der Waals surface area contributed by atoms with Crippen molar-refractivity contribution in [2.45, 2.75) is 19.4 Å². The molecule has 4 N–H and O–H groups in total. The van der Waals surface area contributed by atoms with Crippen LogP contribution in [0, 0.1) is 0 Å². The molecule has 0 aliphatic rings. The van der Waals surface area contributed by atoms with E-state index in [1.54, 1.807) is 18.2 Å². The number of methoxy groups -OCH3 is 1. The van der Waals surface area contributed by atoms with Crippen LogP contribution in [-0.2, 0) is 0 Å². The van der Waals surface area contributed by atoms with Crippen molar-refractivity contribution in [3.8, 4) is 5.75 Å². The van der Waals surface area contributed by atoms with Gasteiger partial charge >= 0.3 is 0 Å². The van der Waals surface area contributed by atoms with Gasteiger partial charge in [0.2, 0.25) is 0 Å². The molecule has 104 valence electrons. The molecule has 0 aromatic heterocycles. The average molecular weight is 286 g/mol. The summed E-state index contributed by atoms with van der Waals surface area (Å²) in [5, 5.41) is 14.6. The van der Waals surface area contributed by atoms with Gasteiger partial charge in [-0.05, 0) is 24.6 Å². The number of carbonyl (C=O) groups excluding carboxylic acids is 1. The molecule has 1 unspecified atom stereocenters. The third-order valence-electron chi connectivity index (χ3n) is 2.59. The first-order valence-electron chi connectivity index (χ1n) is 5.65. The zero-order chi connectivity index (χ0) is 14.4. The van der Waals surface area contributed by atoms with E-state index in [1.165, 1.54) is 7.11 Å². The molecular weight excluding hydrogens is 270 g/mol. The molecule has 0 spiro atoms. The van der Waals surface area contributed by atoms with E-state index in [9.17, 15) is 4.79 Å². The van der Waals surface area contributed by atoms with Crippen LogP contribution >= 0.6 is 11.6 Å². The molecule has 0 fully saturated rings. The van der Waals surface area contributed by atoms with Gasteiger partial charge in [-0.25, -0.2) is 0 Å². The van der Waals surface area contributed by atoms with Crippen LogP contribution in [-0.4, -0.2) is 30.1 Å². The van der Waals surface area contributed by atoms with Crippen molar-refractivity contribution in [2.24, 2.45) is 10.9 Å². The summed E-state index contributed by atoms with van der Waals surface area (Å²) in [7, 11) is 1.45. The highest BCUT2D eigenvalue weighted by molar-refractivity contribution is 6.30. The topological polar surface area (TPSA) is 96.9 Å². The predicted octanol–water partition coefficient (Wildman–Crippen LogP) is 1.60. The van der Waals surface area contributed by atoms with E-state index in [1.807, 2.05) is 6.92 Å². The highest BCUT2D eigenvalue weighted by atomic mass is 35.5. The molecule has 1 aromatic carbocycles. The number of amides is 1. The van der Waals surface area contributed by atoms with Crippen molar-refractivity contribution in [3.05, 3.63) is 28.8 Å². The van der Waals surface area contributed by atoms with Crippen LogP contribution in [0.1, 0.15) is 23.7 Å². The van der Waals surface area contributed by atoms with Gasteiger partial charge in [0, 0.05) is 5.02 Å². The lowest BCUT2D eigenvalue weighted by Gasteiger charge is -2.16. The first kappa shape index (κ1) is 15.1. The Bertz CT molecular complexity index is 491. The van der Waals surface area contributed by atoms with E-state index in [0.717, 1.165) is 0 Å². The fourth-order valence-electron chi connectivity index (χ4n) is 1.54. The second-order valence-corrected chi connectivity index (χ2v) is 4.24. The Hall–Kier alpha value is -1.95. The monoisotopic (exact) mass is 285 g/mol. The number of nitrogens with one attached hydrogen (secondary N) is 1. The number of nitrogens with two attached hydrogens (primary N) is 1. The summed E-state index contributed by atoms with van der Waals surface area (Å²) >= 11 is 5.82. The molecule has 0 saturated heterocycles. The minimum Gasteiger partial charge on any atom is -0.496 e. The van der Waals surface area contributed by atoms with Gasteiger partial charge in [-0.1, -0.05) is 23.7 Å². The lowest BCUT2D eigenvalue weighted by Crippen LogP contribution is -2.44. The summed E-state index contributed by atoms with van der Waals surface area (Å²) in [6.07, 6.45) is 0.498. The Labute approximate surface area is 116 Å². The van der Waals surface area contributed by atoms with E-state index in [0.29, 0.717) is 22.8 Å². The summed E-state index contributed by atoms with van der Waals surface area (Å²) < 4.78 is 5.09. The molecular formula is C12H16ClN3O3. The van der Waals surface area contributed by atoms with Gasteiger partial charge in [0.25, 0.3) is 5.91 Å². The summed E-state index contributed by atoms with van der Waals surface area (Å²) in [5.74, 6) is -0.0740. The Morgan fingerprint density at radius 1 is 1.63 bits per heavy atom. The lowest BCUT2D eigenvalue weighted by atomic mass is 10.1. The van der Waals surface area contributed by atoms with E-state index in [4.69, 9.17) is 27.3 Å². The molecule has 0 radical (unpaired) electrons. The van der Waals surface area contributed by atoms with Gasteiger partial charge in [-0.15, -0.1) is 0 Å². The maximum Gasteiger partial charge on any atom is 0.255 e. The van der Waals surface area contributed by atoms with Gasteiger partial charge in [0.05, 0.1) is 18.7 Å². The van der Waals surface area contributed by atoms with Crippen molar-refractivity contribution in [2.75, 3.05) is 7.11 Å². The van der Waals surface area contributed by atoms with Crippen molar-refractivity contribution in [1.29, 1.82) is 0 Å². The molecule has 6 nitrogen and oxygen atoms in total. The Morgan fingerprint density at radius 2 is 2.32 bits per heavy atom. The fraction of sp³-hybridized carbons (Fsp3) is 0.333. The second-order valence-electron chi connectivity index (χ2n) is 3.80. The minimum atomic E-state index is -0.544. The average Bonchev–Trinajstić information content (AvgIpc) is 2.43. The van der Waals surface area contributed by atoms with E-state index < -0.39 is 6.04 Å². The third-order valence-corrected chi connectivity index (χ3v) is 2.83. The molecule has 0 bridgehead atoms. The number of ether oxygens (including phenoxy) is 1. The number of benzene rings is 1. The van der Waals surface area contributed by atoms with E-state index in [2.05, 4.69) is 10.5 Å². The van der Waals surface area contributed by atoms with E-state index in [-0.39, 0.29) is 11.7 Å². The minimum absolute atomic E-state index is 0.0521. The molecule has 0 aliphatic carbocycles. The molecule has 0 aliphatic heterocycles. The molecule has 0 heterocycles. The highest BCUT2D eigenvalue weighted by Crippen LogP contribution is 2.23. The van der Waals surface area contributed by atoms with Gasteiger partial charge in [0.15, 0.2) is 5.84 Å². The SMILES string of the molecule is CCC(NC(=O)c1ccc(Cl)cc1OC)C(N)=NO. The number of oxime groups is 1. The summed E-state index contributed by atoms with van der Waals surface area (Å²) in [4.78, 5) is 12.1. The van der Waals surface area contributed by atoms with Crippen molar-refractivity contribution in [3.63, 3.8) is 0 Å². The number of hydrogen-bond donors (Lipinski definition) is 3. The Kier molecular flexibility index (Phi) is 5.44. The maximum absolute atomic E-state index is 12.1. The van der Waals surface area contributed by atoms with Crippen LogP contribution in [0.25, 0.3) is 0 Å². The first-order valence-corrected chi connectivity index (χ1v) is 6.03. The zero-order valence-electron chi connectivity index (χ0n) is 10.7. The zero-order valence-corrected chi connectivity index (χ0v) is 11.4. The van der Waals surface area contributed by atoms with Crippen LogP contribution in [0.2, 0.25) is 5.02 Å². The quantitative estimate of drug-likeness (QED) is 0.331. The Balaban J connectivity index is 2.95. The van der Waals surface area contributed by atoms with Crippen molar-refractivity contribution >= 4 is 23.3 Å². The molecule has 1 rings (SSSR count). The number of halogens is 1. The smallest absolute Gasteiger partial charge is 0.255 e. The lowest BCUT2D eigenvalue weighted by molar-refractivity contribution is 0.0942. The van der Waals surface area contributed by atoms with Crippen LogP contribution in [0.5, 0.6) is 5.75 Å². The highest BCUT2D eigenvalue weighted by Gasteiger charge is 2.18. The Morgan fingerprint density at radius 3 is 2.84 bits per heavy atom. The van der Waals surface area contributed by atoms with Gasteiger partial charge < -0.3 is 21.0 Å². The van der Waals surface area contributed by atoms with Gasteiger partial charge in [-0.3, -0.25) is 4.79 Å². The summed E-state index contributed by atoms with van der Waals surface area (Å²) in [5.41, 5.74) is 5.81. The molecule has 1 amide bonds. The number of rotatable bonds is 5. The van der Waals surface area contributed by atoms with Crippen LogP contribution in [0.15, 0.2) is 23.4 Å². The van der Waals surface area contributed by atoms with Crippen molar-refractivity contribution < 1.29 is 14.7 Å². The summed E-state index contributed by atoms with van der Waals surface area (Å²) in [6.45, 7) is 1.81. The predicted molar refractivity (Wildman–Crippen MR) is 73.0 cm³/mol. The van der Waals surface area contributed by atoms with Crippen LogP contribution in [0.3, 0.4) is 0 Å². The third kappa shape index (κ3) is 3.75. The normalized spacial score (nSPS) is 12.9. The standard InChI is InChI=1S/C12H16ClN3O3/c1-3-9(11(14)16-18)15-12(17)8-5-4-7(13)6-10(8)19-2/h4-6,9,18H,3H2,1-2H3,(H2,14,16)(H,15,17). The fourth-order valence-corrected chi connectivity index (χ4v) is 1.71. The summed E-state index contributed by atoms with van der Waals surface area (Å²) in [6, 6.07) is 4.14. The van der Waals surface area contributed by atoms with Gasteiger partial charge in [-0.2, -0.15) is 0 Å². The second kappa shape index (κ2) is 6.84. The largest absolute Gasteiger partial charge is 0.496 e. The number of carbonyl (C=O) groups is 1. The van der Waals surface area contributed by atoms with Crippen molar-refractivity contribution in [1.82, 2.24) is 5.32 Å². The van der Waals surface area contributed by atoms with Gasteiger partial charge in [0.1, 0.15) is 5.75 Å². The van der Waals surface area contributed by atoms with E-state index >= 15 is 0 Å². The first-order chi connectivity index (χ1) is 9.03. The molecule has 1 aromatic rings. The number of hydrogen-bond acceptors (Lipinski definition) is 4. The number of amidine groups is 1. The van der Waals surface area contributed by atoms with Crippen LogP contribution in [0.4, 0.5) is 0 Å². The molecule has 1 atom stereocenters. The van der Waals surface area contributed by atoms with Crippen LogP contribution < -0.4 is 15.8 Å². The maximum atomic E-state index is 12.1. The molecule has 19 heavy (non-hydrogen) atoms. The molecule has 0 saturated carbocycles. The molecule has 7 heteroatoms.